The van der Waals surface area contributed by atoms with Crippen LogP contribution in [0.15, 0.2) is 102 Å². The molecule has 0 aliphatic heterocycles. The Hall–Kier alpha value is -3.92. The van der Waals surface area contributed by atoms with Crippen LogP contribution in [0.3, 0.4) is 0 Å². The minimum Gasteiger partial charge on any atom is -0.354 e. The Balaban J connectivity index is 1.83. The molecule has 0 saturated carbocycles. The standard InChI is InChI=1S/C35H36Cl2FN3O4S/c1-3-4-21-39-35(43)33(22-26-11-6-5-7-12-26)40(23-28-29(36)13-10-14-30(28)37)34(42)24-41(32-16-9-8-15-31(32)38)46(44,45)27-19-17-25(2)18-20-27/h5-20,33H,3-4,21-24H2,1-2H3,(H,39,43). The molecule has 11 heteroatoms. The minimum absolute atomic E-state index is 0.118. The van der Waals surface area contributed by atoms with Gasteiger partial charge in [-0.2, -0.15) is 0 Å². The molecule has 242 valence electrons. The number of nitrogens with one attached hydrogen (secondary N) is 1. The van der Waals surface area contributed by atoms with Gasteiger partial charge in [-0.3, -0.25) is 13.9 Å². The number of hydrogen-bond donors (Lipinski definition) is 1. The fourth-order valence-corrected chi connectivity index (χ4v) is 6.86. The Morgan fingerprint density at radius 2 is 1.50 bits per heavy atom. The van der Waals surface area contributed by atoms with Crippen LogP contribution in [0.1, 0.15) is 36.5 Å². The zero-order valence-electron chi connectivity index (χ0n) is 25.6. The zero-order valence-corrected chi connectivity index (χ0v) is 28.0. The molecule has 7 nitrogen and oxygen atoms in total. The summed E-state index contributed by atoms with van der Waals surface area (Å²) in [6.07, 6.45) is 1.69. The number of hydrogen-bond acceptors (Lipinski definition) is 4. The third-order valence-corrected chi connectivity index (χ3v) is 9.98. The predicted octanol–water partition coefficient (Wildman–Crippen LogP) is 7.19. The highest BCUT2D eigenvalue weighted by molar-refractivity contribution is 7.92. The molecule has 0 aromatic heterocycles. The van der Waals surface area contributed by atoms with E-state index in [1.54, 1.807) is 30.3 Å². The number of para-hydroxylation sites is 1. The molecule has 2 amide bonds. The lowest BCUT2D eigenvalue weighted by molar-refractivity contribution is -0.140. The lowest BCUT2D eigenvalue weighted by atomic mass is 10.0. The van der Waals surface area contributed by atoms with Gasteiger partial charge >= 0.3 is 0 Å². The summed E-state index contributed by atoms with van der Waals surface area (Å²) in [6, 6.07) is 24.4. The van der Waals surface area contributed by atoms with E-state index in [0.717, 1.165) is 34.3 Å². The number of halogens is 3. The molecule has 0 aliphatic rings. The molecule has 1 atom stereocenters. The SMILES string of the molecule is CCCCNC(=O)C(Cc1ccccc1)N(Cc1c(Cl)cccc1Cl)C(=O)CN(c1ccccc1F)S(=O)(=O)c1ccc(C)cc1. The molecule has 0 radical (unpaired) electrons. The number of unbranched alkanes of at least 4 members (excludes halogenated alkanes) is 1. The van der Waals surface area contributed by atoms with Gasteiger partial charge in [0, 0.05) is 35.1 Å². The first-order valence-electron chi connectivity index (χ1n) is 14.9. The highest BCUT2D eigenvalue weighted by Crippen LogP contribution is 2.30. The molecule has 4 aromatic rings. The molecule has 0 heterocycles. The van der Waals surface area contributed by atoms with Gasteiger partial charge in [0.1, 0.15) is 18.4 Å². The van der Waals surface area contributed by atoms with Crippen molar-refractivity contribution in [2.75, 3.05) is 17.4 Å². The Labute approximate surface area is 280 Å². The monoisotopic (exact) mass is 683 g/mol. The lowest BCUT2D eigenvalue weighted by Gasteiger charge is -2.34. The molecule has 0 aliphatic carbocycles. The fraction of sp³-hybridized carbons (Fsp3) is 0.257. The van der Waals surface area contributed by atoms with E-state index >= 15 is 4.39 Å². The van der Waals surface area contributed by atoms with Crippen molar-refractivity contribution < 1.29 is 22.4 Å². The third-order valence-electron chi connectivity index (χ3n) is 7.50. The van der Waals surface area contributed by atoms with Crippen LogP contribution in [0.5, 0.6) is 0 Å². The third kappa shape index (κ3) is 8.66. The average molecular weight is 685 g/mol. The van der Waals surface area contributed by atoms with E-state index in [9.17, 15) is 18.0 Å². The quantitative estimate of drug-likeness (QED) is 0.143. The van der Waals surface area contributed by atoms with E-state index in [4.69, 9.17) is 23.2 Å². The van der Waals surface area contributed by atoms with Crippen LogP contribution in [0, 0.1) is 12.7 Å². The number of sulfonamides is 1. The molecule has 4 aromatic carbocycles. The Kier molecular flexibility index (Phi) is 12.2. The largest absolute Gasteiger partial charge is 0.354 e. The summed E-state index contributed by atoms with van der Waals surface area (Å²) in [6.45, 7) is 3.19. The number of anilines is 1. The van der Waals surface area contributed by atoms with Gasteiger partial charge in [-0.05, 0) is 55.3 Å². The number of nitrogens with zero attached hydrogens (tertiary/aromatic N) is 2. The summed E-state index contributed by atoms with van der Waals surface area (Å²) in [5.74, 6) is -2.00. The van der Waals surface area contributed by atoms with Crippen LogP contribution in [-0.4, -0.2) is 44.3 Å². The van der Waals surface area contributed by atoms with Crippen molar-refractivity contribution in [3.05, 3.63) is 130 Å². The van der Waals surface area contributed by atoms with Gasteiger partial charge in [0.05, 0.1) is 10.6 Å². The summed E-state index contributed by atoms with van der Waals surface area (Å²) in [7, 11) is -4.44. The second kappa shape index (κ2) is 16.1. The van der Waals surface area contributed by atoms with Crippen LogP contribution in [-0.2, 0) is 32.6 Å². The van der Waals surface area contributed by atoms with E-state index in [1.807, 2.05) is 44.2 Å². The van der Waals surface area contributed by atoms with Crippen molar-refractivity contribution in [3.8, 4) is 0 Å². The fourth-order valence-electron chi connectivity index (χ4n) is 4.92. The highest BCUT2D eigenvalue weighted by atomic mass is 35.5. The first-order valence-corrected chi connectivity index (χ1v) is 17.1. The van der Waals surface area contributed by atoms with Crippen LogP contribution in [0.2, 0.25) is 10.0 Å². The maximum absolute atomic E-state index is 15.3. The molecule has 1 unspecified atom stereocenters. The van der Waals surface area contributed by atoms with Crippen molar-refractivity contribution in [2.24, 2.45) is 0 Å². The van der Waals surface area contributed by atoms with E-state index < -0.39 is 40.2 Å². The van der Waals surface area contributed by atoms with Gasteiger partial charge in [0.2, 0.25) is 11.8 Å². The number of aryl methyl sites for hydroxylation is 1. The van der Waals surface area contributed by atoms with Gasteiger partial charge in [-0.1, -0.05) is 103 Å². The first kappa shape index (κ1) is 34.9. The normalized spacial score (nSPS) is 11.9. The van der Waals surface area contributed by atoms with E-state index in [2.05, 4.69) is 5.32 Å². The number of benzene rings is 4. The first-order chi connectivity index (χ1) is 22.0. The Morgan fingerprint density at radius 3 is 2.13 bits per heavy atom. The van der Waals surface area contributed by atoms with Gasteiger partial charge in [-0.25, -0.2) is 12.8 Å². The van der Waals surface area contributed by atoms with Crippen molar-refractivity contribution in [2.45, 2.75) is 50.6 Å². The van der Waals surface area contributed by atoms with Crippen molar-refractivity contribution >= 4 is 50.7 Å². The van der Waals surface area contributed by atoms with E-state index in [-0.39, 0.29) is 33.6 Å². The lowest BCUT2D eigenvalue weighted by Crippen LogP contribution is -2.53. The van der Waals surface area contributed by atoms with Gasteiger partial charge in [0.15, 0.2) is 0 Å². The topological polar surface area (TPSA) is 86.8 Å². The molecule has 0 saturated heterocycles. The molecule has 0 fully saturated rings. The Morgan fingerprint density at radius 1 is 0.870 bits per heavy atom. The smallest absolute Gasteiger partial charge is 0.264 e. The van der Waals surface area contributed by atoms with Crippen LogP contribution < -0.4 is 9.62 Å². The number of carbonyl (C=O) groups excluding carboxylic acids is 2. The van der Waals surface area contributed by atoms with E-state index in [1.165, 1.54) is 35.2 Å². The molecular formula is C35H36Cl2FN3O4S. The second-order valence-corrected chi connectivity index (χ2v) is 13.5. The van der Waals surface area contributed by atoms with Gasteiger partial charge in [0.25, 0.3) is 10.0 Å². The molecular weight excluding hydrogens is 648 g/mol. The maximum Gasteiger partial charge on any atom is 0.264 e. The minimum atomic E-state index is -4.44. The molecule has 0 spiro atoms. The maximum atomic E-state index is 15.3. The molecule has 46 heavy (non-hydrogen) atoms. The highest BCUT2D eigenvalue weighted by Gasteiger charge is 2.36. The molecule has 4 rings (SSSR count). The van der Waals surface area contributed by atoms with Gasteiger partial charge in [-0.15, -0.1) is 0 Å². The summed E-state index contributed by atoms with van der Waals surface area (Å²) in [4.78, 5) is 29.5. The molecule has 1 N–H and O–H groups in total. The molecule has 0 bridgehead atoms. The summed E-state index contributed by atoms with van der Waals surface area (Å²) < 4.78 is 44.1. The number of rotatable bonds is 14. The zero-order chi connectivity index (χ0) is 33.3. The van der Waals surface area contributed by atoms with Crippen molar-refractivity contribution in [1.29, 1.82) is 0 Å². The predicted molar refractivity (Wildman–Crippen MR) is 181 cm³/mol. The van der Waals surface area contributed by atoms with Crippen LogP contribution in [0.4, 0.5) is 10.1 Å². The summed E-state index contributed by atoms with van der Waals surface area (Å²) in [5.41, 5.74) is 1.68. The average Bonchev–Trinajstić information content (AvgIpc) is 3.04. The Bertz CT molecular complexity index is 1740. The van der Waals surface area contributed by atoms with Crippen LogP contribution >= 0.6 is 23.2 Å². The van der Waals surface area contributed by atoms with Crippen LogP contribution in [0.25, 0.3) is 0 Å². The van der Waals surface area contributed by atoms with Gasteiger partial charge < -0.3 is 10.2 Å². The summed E-state index contributed by atoms with van der Waals surface area (Å²) >= 11 is 13.1. The summed E-state index contributed by atoms with van der Waals surface area (Å²) in [5, 5.41) is 3.46. The number of amides is 2. The number of carbonyl (C=O) groups is 2. The van der Waals surface area contributed by atoms with E-state index in [0.29, 0.717) is 12.1 Å². The van der Waals surface area contributed by atoms with Crippen molar-refractivity contribution in [1.82, 2.24) is 10.2 Å². The second-order valence-electron chi connectivity index (χ2n) is 10.8. The van der Waals surface area contributed by atoms with Crippen molar-refractivity contribution in [3.63, 3.8) is 0 Å².